The Morgan fingerprint density at radius 2 is 1.93 bits per heavy atom. The van der Waals surface area contributed by atoms with Crippen molar-refractivity contribution < 1.29 is 14.2 Å². The highest BCUT2D eigenvalue weighted by Gasteiger charge is 2.27. The average Bonchev–Trinajstić information content (AvgIpc) is 3.38. The minimum atomic E-state index is -0.0292. The minimum absolute atomic E-state index is 0.0292. The first kappa shape index (κ1) is 18.6. The molecule has 5 nitrogen and oxygen atoms in total. The Balaban J connectivity index is 1.49. The van der Waals surface area contributed by atoms with Gasteiger partial charge in [0.25, 0.3) is 0 Å². The molecule has 4 rings (SSSR count). The zero-order chi connectivity index (χ0) is 19.3. The van der Waals surface area contributed by atoms with Crippen LogP contribution in [0.3, 0.4) is 0 Å². The quantitative estimate of drug-likeness (QED) is 0.610. The lowest BCUT2D eigenvalue weighted by atomic mass is 10.2. The molecule has 2 heterocycles. The Labute approximate surface area is 166 Å². The first-order chi connectivity index (χ1) is 13.8. The van der Waals surface area contributed by atoms with Crippen molar-refractivity contribution in [1.29, 1.82) is 0 Å². The molecule has 0 N–H and O–H groups in total. The number of hydrogen-bond acceptors (Lipinski definition) is 4. The van der Waals surface area contributed by atoms with Crippen LogP contribution in [0.5, 0.6) is 11.5 Å². The molecular formula is C23H26N2O3. The maximum atomic E-state index is 6.04. The van der Waals surface area contributed by atoms with E-state index in [0.717, 1.165) is 42.4 Å². The summed E-state index contributed by atoms with van der Waals surface area (Å²) in [6.07, 6.45) is 4.19. The number of hydrogen-bond donors (Lipinski definition) is 0. The predicted molar refractivity (Wildman–Crippen MR) is 109 cm³/mol. The fourth-order valence-electron chi connectivity index (χ4n) is 3.56. The van der Waals surface area contributed by atoms with Crippen LogP contribution in [0.2, 0.25) is 0 Å². The molecule has 1 atom stereocenters. The molecular weight excluding hydrogens is 352 g/mol. The number of benzene rings is 2. The third-order valence-corrected chi connectivity index (χ3v) is 4.96. The molecule has 1 saturated heterocycles. The average molecular weight is 378 g/mol. The van der Waals surface area contributed by atoms with Gasteiger partial charge in [0.2, 0.25) is 0 Å². The van der Waals surface area contributed by atoms with E-state index in [2.05, 4.69) is 52.2 Å². The van der Waals surface area contributed by atoms with E-state index < -0.39 is 0 Å². The second-order valence-corrected chi connectivity index (χ2v) is 6.82. The van der Waals surface area contributed by atoms with Gasteiger partial charge in [-0.25, -0.2) is 0 Å². The fourth-order valence-corrected chi connectivity index (χ4v) is 3.56. The summed E-state index contributed by atoms with van der Waals surface area (Å²) >= 11 is 0. The fraction of sp³-hybridized carbons (Fsp3) is 0.304. The normalized spacial score (nSPS) is 17.0. The number of nitrogens with zero attached hydrogens (tertiary/aromatic N) is 2. The molecule has 2 aromatic carbocycles. The van der Waals surface area contributed by atoms with Crippen LogP contribution in [0, 0.1) is 0 Å². The smallest absolute Gasteiger partial charge is 0.138 e. The molecule has 146 valence electrons. The first-order valence-electron chi connectivity index (χ1n) is 9.66. The van der Waals surface area contributed by atoms with Crippen LogP contribution >= 0.6 is 0 Å². The lowest BCUT2D eigenvalue weighted by Crippen LogP contribution is -2.23. The summed E-state index contributed by atoms with van der Waals surface area (Å²) in [6.45, 7) is 5.17. The molecule has 1 unspecified atom stereocenters. The number of aromatic nitrogens is 1. The second-order valence-electron chi connectivity index (χ2n) is 6.82. The SMILES string of the molecule is CCOc1cccc(-n2ccc(C3OCCN3Cc3ccc(OC)cc3)c2)c1. The Bertz CT molecular complexity index is 904. The second kappa shape index (κ2) is 8.50. The van der Waals surface area contributed by atoms with Crippen molar-refractivity contribution in [3.8, 4) is 17.2 Å². The topological polar surface area (TPSA) is 35.9 Å². The molecule has 1 aromatic heterocycles. The van der Waals surface area contributed by atoms with Crippen molar-refractivity contribution in [3.63, 3.8) is 0 Å². The molecule has 5 heteroatoms. The van der Waals surface area contributed by atoms with Crippen LogP contribution in [0.15, 0.2) is 67.0 Å². The number of ether oxygens (including phenoxy) is 3. The van der Waals surface area contributed by atoms with Crippen molar-refractivity contribution in [3.05, 3.63) is 78.1 Å². The van der Waals surface area contributed by atoms with Crippen molar-refractivity contribution in [2.45, 2.75) is 19.7 Å². The molecule has 0 radical (unpaired) electrons. The summed E-state index contributed by atoms with van der Waals surface area (Å²) in [7, 11) is 1.69. The summed E-state index contributed by atoms with van der Waals surface area (Å²) in [5.74, 6) is 1.76. The van der Waals surface area contributed by atoms with Crippen LogP contribution in [-0.2, 0) is 11.3 Å². The van der Waals surface area contributed by atoms with Gasteiger partial charge in [-0.3, -0.25) is 4.90 Å². The number of rotatable bonds is 7. The Morgan fingerprint density at radius 1 is 1.07 bits per heavy atom. The van der Waals surface area contributed by atoms with Gasteiger partial charge in [-0.1, -0.05) is 18.2 Å². The van der Waals surface area contributed by atoms with Gasteiger partial charge in [-0.2, -0.15) is 0 Å². The van der Waals surface area contributed by atoms with Gasteiger partial charge in [-0.05, 0) is 42.8 Å². The molecule has 0 aliphatic carbocycles. The summed E-state index contributed by atoms with van der Waals surface area (Å²) in [4.78, 5) is 2.36. The summed E-state index contributed by atoms with van der Waals surface area (Å²) in [6, 6.07) is 18.5. The van der Waals surface area contributed by atoms with Gasteiger partial charge in [0.15, 0.2) is 0 Å². The van der Waals surface area contributed by atoms with Gasteiger partial charge in [0.05, 0.1) is 20.3 Å². The third-order valence-electron chi connectivity index (χ3n) is 4.96. The summed E-state index contributed by atoms with van der Waals surface area (Å²) < 4.78 is 19.0. The maximum absolute atomic E-state index is 6.04. The van der Waals surface area contributed by atoms with E-state index in [-0.39, 0.29) is 6.23 Å². The Kier molecular flexibility index (Phi) is 5.65. The molecule has 0 amide bonds. The van der Waals surface area contributed by atoms with Gasteiger partial charge in [0.1, 0.15) is 17.7 Å². The highest BCUT2D eigenvalue weighted by Crippen LogP contribution is 2.30. The van der Waals surface area contributed by atoms with Crippen LogP contribution in [0.25, 0.3) is 5.69 Å². The molecule has 28 heavy (non-hydrogen) atoms. The standard InChI is InChI=1S/C23H26N2O3/c1-3-27-22-6-4-5-20(15-22)24-12-11-19(17-24)23-25(13-14-28-23)16-18-7-9-21(26-2)10-8-18/h4-12,15,17,23H,3,13-14,16H2,1-2H3. The van der Waals surface area contributed by atoms with E-state index in [0.29, 0.717) is 6.61 Å². The summed E-state index contributed by atoms with van der Waals surface area (Å²) in [5.41, 5.74) is 3.49. The predicted octanol–water partition coefficient (Wildman–Crippen LogP) is 4.42. The molecule has 3 aromatic rings. The summed E-state index contributed by atoms with van der Waals surface area (Å²) in [5, 5.41) is 0. The lowest BCUT2D eigenvalue weighted by Gasteiger charge is -2.22. The zero-order valence-corrected chi connectivity index (χ0v) is 16.4. The molecule has 1 aliphatic rings. The largest absolute Gasteiger partial charge is 0.497 e. The highest BCUT2D eigenvalue weighted by molar-refractivity contribution is 5.40. The van der Waals surface area contributed by atoms with Gasteiger partial charge in [-0.15, -0.1) is 0 Å². The minimum Gasteiger partial charge on any atom is -0.497 e. The van der Waals surface area contributed by atoms with E-state index in [1.54, 1.807) is 7.11 Å². The molecule has 1 fully saturated rings. The van der Waals surface area contributed by atoms with Gasteiger partial charge in [0, 0.05) is 42.8 Å². The Hall–Kier alpha value is -2.76. The van der Waals surface area contributed by atoms with E-state index in [1.807, 2.05) is 31.2 Å². The number of methoxy groups -OCH3 is 1. The molecule has 0 saturated carbocycles. The van der Waals surface area contributed by atoms with Crippen LogP contribution in [-0.4, -0.2) is 36.3 Å². The zero-order valence-electron chi connectivity index (χ0n) is 16.4. The first-order valence-corrected chi connectivity index (χ1v) is 9.66. The maximum Gasteiger partial charge on any atom is 0.138 e. The molecule has 1 aliphatic heterocycles. The van der Waals surface area contributed by atoms with Crippen molar-refractivity contribution >= 4 is 0 Å². The lowest BCUT2D eigenvalue weighted by molar-refractivity contribution is 0.0288. The van der Waals surface area contributed by atoms with Crippen molar-refractivity contribution in [2.24, 2.45) is 0 Å². The Morgan fingerprint density at radius 3 is 2.71 bits per heavy atom. The van der Waals surface area contributed by atoms with Crippen molar-refractivity contribution in [1.82, 2.24) is 9.47 Å². The third kappa shape index (κ3) is 4.06. The van der Waals surface area contributed by atoms with Crippen LogP contribution in [0.1, 0.15) is 24.3 Å². The molecule has 0 spiro atoms. The van der Waals surface area contributed by atoms with E-state index >= 15 is 0 Å². The van der Waals surface area contributed by atoms with E-state index in [9.17, 15) is 0 Å². The van der Waals surface area contributed by atoms with Gasteiger partial charge < -0.3 is 18.8 Å². The van der Waals surface area contributed by atoms with Crippen molar-refractivity contribution in [2.75, 3.05) is 26.9 Å². The van der Waals surface area contributed by atoms with Crippen LogP contribution < -0.4 is 9.47 Å². The monoisotopic (exact) mass is 378 g/mol. The van der Waals surface area contributed by atoms with Gasteiger partial charge >= 0.3 is 0 Å². The van der Waals surface area contributed by atoms with E-state index in [4.69, 9.17) is 14.2 Å². The van der Waals surface area contributed by atoms with E-state index in [1.165, 1.54) is 5.56 Å². The van der Waals surface area contributed by atoms with Crippen LogP contribution in [0.4, 0.5) is 0 Å². The highest BCUT2D eigenvalue weighted by atomic mass is 16.5. The molecule has 0 bridgehead atoms.